The van der Waals surface area contributed by atoms with Gasteiger partial charge >= 0.3 is 0 Å². The van der Waals surface area contributed by atoms with Gasteiger partial charge in [0.05, 0.1) is 23.8 Å². The molecule has 0 saturated carbocycles. The van der Waals surface area contributed by atoms with Gasteiger partial charge in [-0.3, -0.25) is 0 Å². The third-order valence-corrected chi connectivity index (χ3v) is 0.324. The molecule has 1 aliphatic heterocycles. The lowest BCUT2D eigenvalue weighted by atomic mass is 10.9. The summed E-state index contributed by atoms with van der Waals surface area (Å²) >= 11 is 0. The zero-order valence-corrected chi connectivity index (χ0v) is 2.89. The molecule has 0 bridgehead atoms. The monoisotopic (exact) mass is 76.0 g/mol. The van der Waals surface area contributed by atoms with Gasteiger partial charge in [-0.25, -0.2) is 0 Å². The molecule has 0 amide bonds. The number of nitrogens with zero attached hydrogens (tertiary/aromatic N) is 2. The highest BCUT2D eigenvalue weighted by molar-refractivity contribution is 5.90. The highest BCUT2D eigenvalue weighted by Crippen LogP contribution is 1.60. The van der Waals surface area contributed by atoms with Crippen LogP contribution in [0.3, 0.4) is 0 Å². The first-order chi connectivity index (χ1) is 3.00. The second-order valence-corrected chi connectivity index (χ2v) is 0.671. The van der Waals surface area contributed by atoms with Crippen LogP contribution in [0.25, 0.3) is 0 Å². The van der Waals surface area contributed by atoms with Crippen molar-refractivity contribution in [3.05, 3.63) is 0 Å². The van der Waals surface area contributed by atoms with Crippen LogP contribution in [0.15, 0.2) is 9.98 Å². The van der Waals surface area contributed by atoms with Crippen LogP contribution < -0.4 is 0 Å². The summed E-state index contributed by atoms with van der Waals surface area (Å²) in [6.45, 7) is 0. The van der Waals surface area contributed by atoms with Crippen LogP contribution >= 0.6 is 0 Å². The Bertz CT molecular complexity index is 171. The van der Waals surface area contributed by atoms with Crippen molar-refractivity contribution in [1.29, 1.82) is 0 Å². The smallest absolute Gasteiger partial charge is 0.0711 e. The molecular formula is C4N2. The lowest BCUT2D eigenvalue weighted by Crippen LogP contribution is -1.60. The molecule has 0 spiro atoms. The van der Waals surface area contributed by atoms with Gasteiger partial charge in [-0.15, -0.1) is 9.98 Å². The van der Waals surface area contributed by atoms with E-state index >= 15 is 0 Å². The minimum absolute atomic E-state index is 2.32. The van der Waals surface area contributed by atoms with Crippen molar-refractivity contribution in [1.82, 2.24) is 0 Å². The summed E-state index contributed by atoms with van der Waals surface area (Å²) in [7, 11) is 0. The van der Waals surface area contributed by atoms with Crippen LogP contribution in [0.2, 0.25) is 0 Å². The SMILES string of the molecule is C1=C=NC#CN=1. The van der Waals surface area contributed by atoms with Crippen LogP contribution in [0, 0.1) is 12.1 Å². The third kappa shape index (κ3) is 0.361. The van der Waals surface area contributed by atoms with Crippen molar-refractivity contribution in [2.45, 2.75) is 0 Å². The Labute approximate surface area is 34.9 Å². The molecule has 2 heteroatoms. The van der Waals surface area contributed by atoms with E-state index in [0.29, 0.717) is 0 Å². The molecule has 0 unspecified atom stereocenters. The largest absolute Gasteiger partial charge is 0.142 e. The van der Waals surface area contributed by atoms with Crippen LogP contribution in [0.5, 0.6) is 0 Å². The Morgan fingerprint density at radius 3 is 1.50 bits per heavy atom. The summed E-state index contributed by atoms with van der Waals surface area (Å²) in [6.07, 6.45) is 0. The number of rotatable bonds is 0. The van der Waals surface area contributed by atoms with Crippen LogP contribution in [0.4, 0.5) is 0 Å². The van der Waals surface area contributed by atoms with Gasteiger partial charge in [-0.1, -0.05) is 0 Å². The summed E-state index contributed by atoms with van der Waals surface area (Å²) < 4.78 is 0. The molecule has 0 aromatic rings. The van der Waals surface area contributed by atoms with E-state index in [1.54, 1.807) is 0 Å². The Balaban J connectivity index is 3.25. The van der Waals surface area contributed by atoms with E-state index in [1.165, 1.54) is 0 Å². The standard InChI is InChI=1S/C4N2/c1-2-6-4-3-5-1. The molecular weight excluding hydrogens is 76.1 g/mol. The van der Waals surface area contributed by atoms with Gasteiger partial charge in [0.15, 0.2) is 0 Å². The molecule has 1 rings (SSSR count). The van der Waals surface area contributed by atoms with Gasteiger partial charge in [-0.2, -0.15) is 0 Å². The molecule has 6 heavy (non-hydrogen) atoms. The zero-order valence-electron chi connectivity index (χ0n) is 2.89. The van der Waals surface area contributed by atoms with E-state index in [1.807, 2.05) is 0 Å². The number of aliphatic imine (C=N–C) groups is 2. The van der Waals surface area contributed by atoms with Crippen molar-refractivity contribution in [2.24, 2.45) is 9.98 Å². The normalized spacial score (nSPS) is 10.7. The molecule has 0 aromatic carbocycles. The third-order valence-electron chi connectivity index (χ3n) is 0.324. The van der Waals surface area contributed by atoms with Gasteiger partial charge in [0.1, 0.15) is 0 Å². The van der Waals surface area contributed by atoms with E-state index in [0.717, 1.165) is 0 Å². The van der Waals surface area contributed by atoms with Crippen molar-refractivity contribution in [3.63, 3.8) is 0 Å². The predicted octanol–water partition coefficient (Wildman–Crippen LogP) is -0.186. The summed E-state index contributed by atoms with van der Waals surface area (Å²) in [6, 6.07) is 4.64. The summed E-state index contributed by atoms with van der Waals surface area (Å²) in [4.78, 5) is 6.72. The second-order valence-electron chi connectivity index (χ2n) is 0.671. The minimum atomic E-state index is 2.32. The summed E-state index contributed by atoms with van der Waals surface area (Å²) in [5.74, 6) is 4.64. The number of hydrogen-bond donors (Lipinski definition) is 0. The molecule has 1 aliphatic rings. The molecule has 0 saturated heterocycles. The highest BCUT2D eigenvalue weighted by atomic mass is 14.7. The summed E-state index contributed by atoms with van der Waals surface area (Å²) in [5.41, 5.74) is 0. The maximum atomic E-state index is 3.36. The Kier molecular flexibility index (Phi) is 0.604. The van der Waals surface area contributed by atoms with E-state index in [-0.39, 0.29) is 0 Å². The Morgan fingerprint density at radius 1 is 0.833 bits per heavy atom. The lowest BCUT2D eigenvalue weighted by molar-refractivity contribution is 1.64. The molecule has 2 nitrogen and oxygen atoms in total. The maximum absolute atomic E-state index is 3.36. The topological polar surface area (TPSA) is 24.7 Å². The molecule has 0 fully saturated rings. The van der Waals surface area contributed by atoms with Gasteiger partial charge < -0.3 is 0 Å². The van der Waals surface area contributed by atoms with Crippen LogP contribution in [-0.4, -0.2) is 11.7 Å². The van der Waals surface area contributed by atoms with E-state index in [9.17, 15) is 0 Å². The van der Waals surface area contributed by atoms with Gasteiger partial charge in [0.2, 0.25) is 0 Å². The highest BCUT2D eigenvalue weighted by Gasteiger charge is 1.57. The predicted molar refractivity (Wildman–Crippen MR) is 22.6 cm³/mol. The fourth-order valence-corrected chi connectivity index (χ4v) is 0.156. The number of hydrogen-bond acceptors (Lipinski definition) is 2. The van der Waals surface area contributed by atoms with Gasteiger partial charge in [-0.05, 0) is 0 Å². The van der Waals surface area contributed by atoms with E-state index < -0.39 is 0 Å². The molecule has 0 N–H and O–H groups in total. The summed E-state index contributed by atoms with van der Waals surface area (Å²) in [5, 5.41) is 0. The Morgan fingerprint density at radius 2 is 1.33 bits per heavy atom. The molecule has 26 valence electrons. The molecule has 0 aromatic heterocycles. The molecule has 0 atom stereocenters. The van der Waals surface area contributed by atoms with Crippen molar-refractivity contribution in [3.8, 4) is 12.1 Å². The first kappa shape index (κ1) is 2.93. The first-order valence-electron chi connectivity index (χ1n) is 1.39. The van der Waals surface area contributed by atoms with Crippen LogP contribution in [0.1, 0.15) is 0 Å². The van der Waals surface area contributed by atoms with Crippen molar-refractivity contribution in [2.75, 3.05) is 0 Å². The molecule has 0 aliphatic carbocycles. The molecule has 1 heterocycles. The lowest BCUT2D eigenvalue weighted by Gasteiger charge is -1.59. The Hall–Kier alpha value is -1.28. The molecule has 0 radical (unpaired) electrons. The minimum Gasteiger partial charge on any atom is -0.142 e. The first-order valence-corrected chi connectivity index (χ1v) is 1.39. The van der Waals surface area contributed by atoms with Crippen molar-refractivity contribution >= 4 is 11.7 Å². The van der Waals surface area contributed by atoms with E-state index in [4.69, 9.17) is 0 Å². The van der Waals surface area contributed by atoms with Gasteiger partial charge in [0.25, 0.3) is 0 Å². The zero-order chi connectivity index (χ0) is 4.24. The maximum Gasteiger partial charge on any atom is 0.0711 e. The average Bonchev–Trinajstić information content (AvgIpc) is 1.72. The second kappa shape index (κ2) is 1.24. The van der Waals surface area contributed by atoms with Crippen LogP contribution in [-0.2, 0) is 0 Å². The fraction of sp³-hybridized carbons (Fsp3) is 0. The van der Waals surface area contributed by atoms with E-state index in [2.05, 4.69) is 33.8 Å². The van der Waals surface area contributed by atoms with Gasteiger partial charge in [0, 0.05) is 0 Å². The quantitative estimate of drug-likeness (QED) is 0.357. The van der Waals surface area contributed by atoms with Crippen molar-refractivity contribution < 1.29 is 0 Å². The fourth-order valence-electron chi connectivity index (χ4n) is 0.156. The average molecular weight is 76.1 g/mol.